The first-order valence-corrected chi connectivity index (χ1v) is 3.45. The van der Waals surface area contributed by atoms with Crippen LogP contribution in [0.15, 0.2) is 24.0 Å². The van der Waals surface area contributed by atoms with Crippen LogP contribution in [-0.2, 0) is 9.59 Å². The van der Waals surface area contributed by atoms with E-state index in [-0.39, 0.29) is 12.2 Å². The van der Waals surface area contributed by atoms with Crippen LogP contribution < -0.4 is 0 Å². The zero-order valence-corrected chi connectivity index (χ0v) is 7.60. The minimum Gasteiger partial charge on any atom is -0.502 e. The number of rotatable bonds is 3. The van der Waals surface area contributed by atoms with Crippen LogP contribution in [0.4, 0.5) is 0 Å². The fraction of sp³-hybridized carbons (Fsp3) is 0.250. The van der Waals surface area contributed by atoms with E-state index in [1.165, 1.54) is 13.0 Å². The topological polar surface area (TPSA) is 115 Å². The van der Waals surface area contributed by atoms with E-state index >= 15 is 0 Å². The molecule has 0 saturated heterocycles. The van der Waals surface area contributed by atoms with Gasteiger partial charge in [-0.2, -0.15) is 0 Å². The van der Waals surface area contributed by atoms with Gasteiger partial charge in [0.2, 0.25) is 0 Å². The lowest BCUT2D eigenvalue weighted by Gasteiger charge is -1.86. The Kier molecular flexibility index (Phi) is 8.20. The highest BCUT2D eigenvalue weighted by Gasteiger charge is 1.95. The van der Waals surface area contributed by atoms with Crippen molar-refractivity contribution in [2.24, 2.45) is 0 Å². The van der Waals surface area contributed by atoms with Gasteiger partial charge in [-0.3, -0.25) is 0 Å². The minimum absolute atomic E-state index is 0.174. The molecule has 0 spiro atoms. The standard InChI is InChI=1S/C5H8O3.C3H4O3/c1-4(2-3-6)5(7)8;1-2(4)3(5)6/h2,6H,3H2,1H3,(H,7,8);4H,1H2,(H,5,6). The number of aliphatic hydroxyl groups excluding tert-OH is 2. The molecule has 0 saturated carbocycles. The summed E-state index contributed by atoms with van der Waals surface area (Å²) < 4.78 is 0. The number of carbonyl (C=O) groups is 2. The normalized spacial score (nSPS) is 9.71. The second kappa shape index (κ2) is 7.81. The predicted octanol–water partition coefficient (Wildman–Crippen LogP) is 0.152. The molecule has 6 nitrogen and oxygen atoms in total. The summed E-state index contributed by atoms with van der Waals surface area (Å²) >= 11 is 0. The van der Waals surface area contributed by atoms with E-state index in [9.17, 15) is 9.59 Å². The average molecular weight is 204 g/mol. The maximum Gasteiger partial charge on any atom is 0.370 e. The Labute approximate surface area is 80.4 Å². The van der Waals surface area contributed by atoms with Crippen molar-refractivity contribution in [1.82, 2.24) is 0 Å². The molecule has 0 heterocycles. The van der Waals surface area contributed by atoms with E-state index in [1.807, 2.05) is 0 Å². The molecule has 0 aliphatic carbocycles. The minimum atomic E-state index is -1.38. The number of carboxylic acids is 2. The van der Waals surface area contributed by atoms with Crippen LogP contribution in [0.2, 0.25) is 0 Å². The summed E-state index contributed by atoms with van der Waals surface area (Å²) in [6.45, 7) is 3.93. The van der Waals surface area contributed by atoms with E-state index in [0.717, 1.165) is 0 Å². The first kappa shape index (κ1) is 14.7. The molecule has 6 heteroatoms. The molecule has 0 aliphatic rings. The van der Waals surface area contributed by atoms with E-state index in [0.29, 0.717) is 0 Å². The van der Waals surface area contributed by atoms with Gasteiger partial charge in [-0.1, -0.05) is 0 Å². The summed E-state index contributed by atoms with van der Waals surface area (Å²) in [4.78, 5) is 19.3. The first-order valence-electron chi connectivity index (χ1n) is 3.45. The fourth-order valence-corrected chi connectivity index (χ4v) is 0.224. The second-order valence-electron chi connectivity index (χ2n) is 2.13. The van der Waals surface area contributed by atoms with E-state index in [2.05, 4.69) is 6.58 Å². The molecule has 0 radical (unpaired) electrons. The molecule has 0 rings (SSSR count). The Morgan fingerprint density at radius 2 is 1.57 bits per heavy atom. The quantitative estimate of drug-likeness (QED) is 0.384. The Hall–Kier alpha value is -1.82. The highest BCUT2D eigenvalue weighted by molar-refractivity contribution is 5.85. The van der Waals surface area contributed by atoms with Gasteiger partial charge in [-0.05, 0) is 19.6 Å². The van der Waals surface area contributed by atoms with Crippen molar-refractivity contribution in [1.29, 1.82) is 0 Å². The van der Waals surface area contributed by atoms with Crippen molar-refractivity contribution < 1.29 is 30.0 Å². The molecule has 0 unspecified atom stereocenters. The number of aliphatic hydroxyl groups is 2. The van der Waals surface area contributed by atoms with Crippen LogP contribution in [0.5, 0.6) is 0 Å². The monoisotopic (exact) mass is 204 g/mol. The third-order valence-electron chi connectivity index (χ3n) is 0.982. The first-order chi connectivity index (χ1) is 6.32. The van der Waals surface area contributed by atoms with Crippen molar-refractivity contribution in [3.05, 3.63) is 24.0 Å². The van der Waals surface area contributed by atoms with Crippen LogP contribution in [0, 0.1) is 0 Å². The molecule has 0 aromatic carbocycles. The Balaban J connectivity index is 0. The van der Waals surface area contributed by atoms with Crippen molar-refractivity contribution >= 4 is 11.9 Å². The average Bonchev–Trinajstić information content (AvgIpc) is 2.05. The maximum atomic E-state index is 9.91. The summed E-state index contributed by atoms with van der Waals surface area (Å²) in [6, 6.07) is 0. The van der Waals surface area contributed by atoms with Crippen LogP contribution >= 0.6 is 0 Å². The molecular weight excluding hydrogens is 192 g/mol. The molecule has 4 N–H and O–H groups in total. The van der Waals surface area contributed by atoms with Crippen molar-refractivity contribution in [3.63, 3.8) is 0 Å². The van der Waals surface area contributed by atoms with Gasteiger partial charge in [-0.15, -0.1) is 0 Å². The lowest BCUT2D eigenvalue weighted by molar-refractivity contribution is -0.135. The zero-order valence-electron chi connectivity index (χ0n) is 7.60. The van der Waals surface area contributed by atoms with E-state index in [1.54, 1.807) is 0 Å². The summed E-state index contributed by atoms with van der Waals surface area (Å²) in [5.74, 6) is -3.19. The van der Waals surface area contributed by atoms with Crippen molar-refractivity contribution in [3.8, 4) is 0 Å². The molecule has 0 aromatic rings. The van der Waals surface area contributed by atoms with Crippen LogP contribution in [0.1, 0.15) is 6.92 Å². The fourth-order valence-electron chi connectivity index (χ4n) is 0.224. The summed E-state index contributed by atoms with van der Waals surface area (Å²) in [5, 5.41) is 31.8. The Morgan fingerprint density at radius 3 is 1.64 bits per heavy atom. The molecule has 0 bridgehead atoms. The molecule has 0 fully saturated rings. The highest BCUT2D eigenvalue weighted by atomic mass is 16.4. The van der Waals surface area contributed by atoms with Gasteiger partial charge < -0.3 is 20.4 Å². The third kappa shape index (κ3) is 10.2. The number of aliphatic carboxylic acids is 2. The second-order valence-corrected chi connectivity index (χ2v) is 2.13. The summed E-state index contributed by atoms with van der Waals surface area (Å²) in [6.07, 6.45) is 1.24. The molecule has 14 heavy (non-hydrogen) atoms. The van der Waals surface area contributed by atoms with Crippen molar-refractivity contribution in [2.75, 3.05) is 6.61 Å². The Bertz CT molecular complexity index is 241. The lowest BCUT2D eigenvalue weighted by Crippen LogP contribution is -1.96. The molecule has 0 amide bonds. The van der Waals surface area contributed by atoms with Crippen molar-refractivity contribution in [2.45, 2.75) is 6.92 Å². The largest absolute Gasteiger partial charge is 0.502 e. The molecule has 0 aliphatic heterocycles. The maximum absolute atomic E-state index is 9.91. The number of hydrogen-bond acceptors (Lipinski definition) is 4. The molecular formula is C8H12O6. The van der Waals surface area contributed by atoms with E-state index in [4.69, 9.17) is 20.4 Å². The molecule has 0 atom stereocenters. The van der Waals surface area contributed by atoms with Crippen LogP contribution in [0.25, 0.3) is 0 Å². The molecule has 80 valence electrons. The predicted molar refractivity (Wildman–Crippen MR) is 47.9 cm³/mol. The van der Waals surface area contributed by atoms with Gasteiger partial charge in [0.15, 0.2) is 5.76 Å². The smallest absolute Gasteiger partial charge is 0.370 e. The zero-order chi connectivity index (χ0) is 11.7. The molecule has 0 aromatic heterocycles. The lowest BCUT2D eigenvalue weighted by atomic mass is 10.3. The third-order valence-corrected chi connectivity index (χ3v) is 0.982. The highest BCUT2D eigenvalue weighted by Crippen LogP contribution is 1.88. The summed E-state index contributed by atoms with van der Waals surface area (Å²) in [5.41, 5.74) is 0.174. The van der Waals surface area contributed by atoms with Gasteiger partial charge in [0.1, 0.15) is 0 Å². The number of carboxylic acid groups (broad SMARTS) is 2. The van der Waals surface area contributed by atoms with Gasteiger partial charge in [0, 0.05) is 5.57 Å². The van der Waals surface area contributed by atoms with Gasteiger partial charge in [0.05, 0.1) is 6.61 Å². The summed E-state index contributed by atoms with van der Waals surface area (Å²) in [7, 11) is 0. The number of hydrogen-bond donors (Lipinski definition) is 4. The van der Waals surface area contributed by atoms with E-state index < -0.39 is 17.7 Å². The van der Waals surface area contributed by atoms with Gasteiger partial charge in [0.25, 0.3) is 0 Å². The SMILES string of the molecule is C=C(O)C(=O)O.CC(=CCO)C(=O)O. The van der Waals surface area contributed by atoms with Crippen LogP contribution in [-0.4, -0.2) is 39.0 Å². The van der Waals surface area contributed by atoms with Gasteiger partial charge >= 0.3 is 11.9 Å². The Morgan fingerprint density at radius 1 is 1.21 bits per heavy atom. The van der Waals surface area contributed by atoms with Crippen LogP contribution in [0.3, 0.4) is 0 Å². The van der Waals surface area contributed by atoms with Gasteiger partial charge in [-0.25, -0.2) is 9.59 Å².